The molecule has 1 radical (unpaired) electrons. The first kappa shape index (κ1) is 12.4. The van der Waals surface area contributed by atoms with E-state index in [4.69, 9.17) is 9.47 Å². The molecule has 0 aromatic heterocycles. The largest absolute Gasteiger partial charge is 0.458 e. The van der Waals surface area contributed by atoms with Gasteiger partial charge in [0.15, 0.2) is 0 Å². The van der Waals surface area contributed by atoms with Crippen molar-refractivity contribution >= 4 is 12.4 Å². The minimum atomic E-state index is -1.38. The van der Waals surface area contributed by atoms with Crippen LogP contribution in [0, 0.1) is 5.92 Å². The molecule has 0 heterocycles. The van der Waals surface area contributed by atoms with E-state index in [1.54, 1.807) is 0 Å². The summed E-state index contributed by atoms with van der Waals surface area (Å²) in [6, 6.07) is 7.47. The molecule has 1 atom stereocenters. The van der Waals surface area contributed by atoms with E-state index in [1.165, 1.54) is 13.0 Å². The highest BCUT2D eigenvalue weighted by Gasteiger charge is 2.55. The number of hydrogen-bond donors (Lipinski definition) is 0. The molecule has 0 N–H and O–H groups in total. The van der Waals surface area contributed by atoms with Crippen molar-refractivity contribution in [2.75, 3.05) is 6.61 Å². The average Bonchev–Trinajstić information content (AvgIpc) is 3.10. The monoisotopic (exact) mass is 245 g/mol. The highest BCUT2D eigenvalue weighted by Crippen LogP contribution is 2.50. The molecule has 0 saturated carbocycles. The lowest BCUT2D eigenvalue weighted by Crippen LogP contribution is -2.42. The standard InChI is InChI=1S/C14H13O4/c1-3-8-17-13(16)14(2,18-9-15)12-10-6-4-5-7-11(10)12/h3-7,9H,1,8H2,2H3. The summed E-state index contributed by atoms with van der Waals surface area (Å²) in [7, 11) is 0. The molecule has 0 saturated heterocycles. The van der Waals surface area contributed by atoms with E-state index in [9.17, 15) is 9.59 Å². The fourth-order valence-corrected chi connectivity index (χ4v) is 1.96. The molecule has 93 valence electrons. The zero-order valence-corrected chi connectivity index (χ0v) is 10.0. The maximum Gasteiger partial charge on any atom is 0.351 e. The van der Waals surface area contributed by atoms with Gasteiger partial charge in [0, 0.05) is 0 Å². The first-order valence-electron chi connectivity index (χ1n) is 5.52. The number of carbonyl (C=O) groups is 2. The van der Waals surface area contributed by atoms with Crippen LogP contribution in [0.3, 0.4) is 0 Å². The van der Waals surface area contributed by atoms with Crippen LogP contribution in [-0.2, 0) is 19.1 Å². The Bertz CT molecular complexity index is 471. The maximum atomic E-state index is 12.0. The van der Waals surface area contributed by atoms with E-state index in [2.05, 4.69) is 6.58 Å². The summed E-state index contributed by atoms with van der Waals surface area (Å²) in [6.07, 6.45) is 1.46. The molecule has 1 aliphatic rings. The smallest absolute Gasteiger partial charge is 0.351 e. The maximum absolute atomic E-state index is 12.0. The SMILES string of the molecule is C=CCOC(=O)C(C)(OC=O)[C]1c2ccccc21. The van der Waals surface area contributed by atoms with Crippen molar-refractivity contribution in [2.45, 2.75) is 12.5 Å². The van der Waals surface area contributed by atoms with Gasteiger partial charge in [-0.2, -0.15) is 0 Å². The minimum absolute atomic E-state index is 0.0836. The number of fused-ring (bicyclic) bond motifs is 1. The van der Waals surface area contributed by atoms with E-state index < -0.39 is 11.6 Å². The van der Waals surface area contributed by atoms with Gasteiger partial charge in [-0.1, -0.05) is 36.9 Å². The van der Waals surface area contributed by atoms with Crippen LogP contribution in [0.25, 0.3) is 0 Å². The van der Waals surface area contributed by atoms with Crippen LogP contribution in [0.15, 0.2) is 36.9 Å². The third-order valence-corrected chi connectivity index (χ3v) is 2.89. The molecule has 4 heteroatoms. The molecule has 0 fully saturated rings. The molecule has 2 rings (SSSR count). The molecule has 18 heavy (non-hydrogen) atoms. The molecule has 4 nitrogen and oxygen atoms in total. The minimum Gasteiger partial charge on any atom is -0.458 e. The second kappa shape index (κ2) is 4.64. The van der Waals surface area contributed by atoms with Gasteiger partial charge in [0.1, 0.15) is 6.61 Å². The molecule has 1 unspecified atom stereocenters. The van der Waals surface area contributed by atoms with Crippen molar-refractivity contribution in [3.8, 4) is 0 Å². The first-order valence-corrected chi connectivity index (χ1v) is 5.52. The van der Waals surface area contributed by atoms with Crippen molar-refractivity contribution < 1.29 is 19.1 Å². The quantitative estimate of drug-likeness (QED) is 0.434. The van der Waals surface area contributed by atoms with Gasteiger partial charge in [-0.3, -0.25) is 4.79 Å². The number of ether oxygens (including phenoxy) is 2. The van der Waals surface area contributed by atoms with Crippen molar-refractivity contribution in [3.63, 3.8) is 0 Å². The topological polar surface area (TPSA) is 52.6 Å². The average molecular weight is 245 g/mol. The van der Waals surface area contributed by atoms with Crippen molar-refractivity contribution in [3.05, 3.63) is 54.0 Å². The Balaban J connectivity index is 2.21. The van der Waals surface area contributed by atoms with Gasteiger partial charge >= 0.3 is 5.97 Å². The van der Waals surface area contributed by atoms with Crippen LogP contribution in [0.1, 0.15) is 18.1 Å². The van der Waals surface area contributed by atoms with Crippen LogP contribution >= 0.6 is 0 Å². The van der Waals surface area contributed by atoms with E-state index in [1.807, 2.05) is 24.3 Å². The van der Waals surface area contributed by atoms with Gasteiger partial charge in [0.05, 0.1) is 5.92 Å². The van der Waals surface area contributed by atoms with Gasteiger partial charge < -0.3 is 9.47 Å². The summed E-state index contributed by atoms with van der Waals surface area (Å²) in [5.74, 6) is 0.106. The highest BCUT2D eigenvalue weighted by molar-refractivity contribution is 5.91. The van der Waals surface area contributed by atoms with E-state index >= 15 is 0 Å². The Labute approximate surface area is 105 Å². The Kier molecular flexibility index (Phi) is 3.19. The van der Waals surface area contributed by atoms with Gasteiger partial charge in [-0.25, -0.2) is 4.79 Å². The van der Waals surface area contributed by atoms with E-state index in [0.717, 1.165) is 11.1 Å². The lowest BCUT2D eigenvalue weighted by Gasteiger charge is -2.24. The van der Waals surface area contributed by atoms with Gasteiger partial charge in [-0.05, 0) is 18.1 Å². The van der Waals surface area contributed by atoms with Gasteiger partial charge in [-0.15, -0.1) is 0 Å². The highest BCUT2D eigenvalue weighted by atomic mass is 16.6. The predicted molar refractivity (Wildman–Crippen MR) is 64.6 cm³/mol. The van der Waals surface area contributed by atoms with Gasteiger partial charge in [0.2, 0.25) is 5.60 Å². The summed E-state index contributed by atoms with van der Waals surface area (Å²) in [5.41, 5.74) is 0.476. The van der Waals surface area contributed by atoms with E-state index in [0.29, 0.717) is 5.92 Å². The summed E-state index contributed by atoms with van der Waals surface area (Å²) in [5, 5.41) is 0. The zero-order chi connectivity index (χ0) is 13.2. The molecule has 0 amide bonds. The molecule has 0 spiro atoms. The normalized spacial score (nSPS) is 16.1. The third kappa shape index (κ3) is 1.90. The summed E-state index contributed by atoms with van der Waals surface area (Å²) >= 11 is 0. The third-order valence-electron chi connectivity index (χ3n) is 2.89. The Morgan fingerprint density at radius 2 is 2.00 bits per heavy atom. The number of benzene rings is 1. The van der Waals surface area contributed by atoms with Crippen molar-refractivity contribution in [2.24, 2.45) is 0 Å². The van der Waals surface area contributed by atoms with Crippen LogP contribution in [0.2, 0.25) is 0 Å². The summed E-state index contributed by atoms with van der Waals surface area (Å²) < 4.78 is 9.95. The number of carbonyl (C=O) groups excluding carboxylic acids is 2. The zero-order valence-electron chi connectivity index (χ0n) is 10.0. The van der Waals surface area contributed by atoms with Gasteiger partial charge in [0.25, 0.3) is 6.47 Å². The fraction of sp³-hybridized carbons (Fsp3) is 0.214. The van der Waals surface area contributed by atoms with E-state index in [-0.39, 0.29) is 13.1 Å². The van der Waals surface area contributed by atoms with Crippen LogP contribution in [-0.4, -0.2) is 24.6 Å². The first-order chi connectivity index (χ1) is 8.65. The Morgan fingerprint density at radius 1 is 1.39 bits per heavy atom. The van der Waals surface area contributed by atoms with Crippen molar-refractivity contribution in [1.82, 2.24) is 0 Å². The number of rotatable bonds is 6. The Hall–Kier alpha value is -2.10. The van der Waals surface area contributed by atoms with Crippen LogP contribution < -0.4 is 0 Å². The second-order valence-electron chi connectivity index (χ2n) is 4.06. The Morgan fingerprint density at radius 3 is 2.50 bits per heavy atom. The lowest BCUT2D eigenvalue weighted by atomic mass is 9.97. The molecule has 1 aliphatic carbocycles. The molecule has 0 aliphatic heterocycles. The predicted octanol–water partition coefficient (Wildman–Crippen LogP) is 1.63. The fourth-order valence-electron chi connectivity index (χ4n) is 1.96. The van der Waals surface area contributed by atoms with Crippen molar-refractivity contribution in [1.29, 1.82) is 0 Å². The summed E-state index contributed by atoms with van der Waals surface area (Å²) in [6.45, 7) is 5.34. The molecular weight excluding hydrogens is 232 g/mol. The lowest BCUT2D eigenvalue weighted by molar-refractivity contribution is -0.169. The molecule has 1 aromatic carbocycles. The number of hydrogen-bond acceptors (Lipinski definition) is 4. The molecule has 1 aromatic rings. The molecular formula is C14H13O4. The van der Waals surface area contributed by atoms with Crippen LogP contribution in [0.4, 0.5) is 0 Å². The van der Waals surface area contributed by atoms with Crippen LogP contribution in [0.5, 0.6) is 0 Å². The number of esters is 1. The summed E-state index contributed by atoms with van der Waals surface area (Å²) in [4.78, 5) is 22.6. The molecule has 0 bridgehead atoms. The second-order valence-corrected chi connectivity index (χ2v) is 4.06.